The van der Waals surface area contributed by atoms with Crippen molar-refractivity contribution in [3.63, 3.8) is 0 Å². The molecule has 1 amide bonds. The van der Waals surface area contributed by atoms with Gasteiger partial charge in [-0.25, -0.2) is 4.98 Å². The smallest absolute Gasteiger partial charge is 0.254 e. The molecule has 0 atom stereocenters. The van der Waals surface area contributed by atoms with Crippen LogP contribution in [0.25, 0.3) is 0 Å². The Labute approximate surface area is 153 Å². The first-order chi connectivity index (χ1) is 12.5. The van der Waals surface area contributed by atoms with Crippen LogP contribution in [0.5, 0.6) is 5.75 Å². The molecular weight excluding hydrogens is 330 g/mol. The third-order valence-corrected chi connectivity index (χ3v) is 4.59. The quantitative estimate of drug-likeness (QED) is 0.828. The Kier molecular flexibility index (Phi) is 5.40. The van der Waals surface area contributed by atoms with Crippen molar-refractivity contribution in [3.8, 4) is 5.75 Å². The number of aryl methyl sites for hydroxylation is 2. The Morgan fingerprint density at radius 2 is 2.04 bits per heavy atom. The summed E-state index contributed by atoms with van der Waals surface area (Å²) >= 11 is 0. The molecule has 6 heteroatoms. The van der Waals surface area contributed by atoms with Crippen molar-refractivity contribution in [2.24, 2.45) is 0 Å². The fourth-order valence-corrected chi connectivity index (χ4v) is 3.13. The fraction of sp³-hybridized carbons (Fsp3) is 0.450. The summed E-state index contributed by atoms with van der Waals surface area (Å²) in [4.78, 5) is 34.0. The van der Waals surface area contributed by atoms with E-state index in [2.05, 4.69) is 9.97 Å². The van der Waals surface area contributed by atoms with E-state index >= 15 is 0 Å². The molecule has 1 aliphatic carbocycles. The van der Waals surface area contributed by atoms with E-state index in [0.29, 0.717) is 30.2 Å². The first-order valence-corrected chi connectivity index (χ1v) is 9.06. The number of amides is 1. The molecule has 0 unspecified atom stereocenters. The van der Waals surface area contributed by atoms with Gasteiger partial charge in [0.15, 0.2) is 0 Å². The van der Waals surface area contributed by atoms with Gasteiger partial charge in [-0.3, -0.25) is 9.59 Å². The third kappa shape index (κ3) is 4.12. The number of nitrogens with one attached hydrogen (secondary N) is 1. The zero-order valence-corrected chi connectivity index (χ0v) is 15.5. The predicted molar refractivity (Wildman–Crippen MR) is 99.2 cm³/mol. The van der Waals surface area contributed by atoms with Crippen LogP contribution in [-0.4, -0.2) is 33.4 Å². The van der Waals surface area contributed by atoms with Crippen molar-refractivity contribution < 1.29 is 9.53 Å². The van der Waals surface area contributed by atoms with Crippen LogP contribution in [0.4, 0.5) is 0 Å². The van der Waals surface area contributed by atoms with E-state index in [1.165, 1.54) is 0 Å². The van der Waals surface area contributed by atoms with E-state index in [-0.39, 0.29) is 23.9 Å². The van der Waals surface area contributed by atoms with Gasteiger partial charge in [0.1, 0.15) is 11.6 Å². The van der Waals surface area contributed by atoms with Crippen molar-refractivity contribution in [3.05, 3.63) is 57.3 Å². The van der Waals surface area contributed by atoms with Gasteiger partial charge in [-0.15, -0.1) is 0 Å². The number of carbonyl (C=O) groups is 1. The number of hydrogen-bond donors (Lipinski definition) is 1. The monoisotopic (exact) mass is 355 g/mol. The zero-order chi connectivity index (χ0) is 18.7. The molecular formula is C20H25N3O3. The number of ether oxygens (including phenoxy) is 1. The summed E-state index contributed by atoms with van der Waals surface area (Å²) in [6, 6.07) is 8.03. The summed E-state index contributed by atoms with van der Waals surface area (Å²) in [6.45, 7) is 6.53. The lowest BCUT2D eigenvalue weighted by molar-refractivity contribution is -0.131. The summed E-state index contributed by atoms with van der Waals surface area (Å²) < 4.78 is 5.68. The highest BCUT2D eigenvalue weighted by atomic mass is 16.5. The zero-order valence-electron chi connectivity index (χ0n) is 15.5. The molecule has 1 aliphatic rings. The number of nitrogens with zero attached hydrogens (tertiary/aromatic N) is 2. The highest BCUT2D eigenvalue weighted by molar-refractivity contribution is 5.79. The largest absolute Gasteiger partial charge is 0.494 e. The first kappa shape index (κ1) is 18.2. The molecule has 26 heavy (non-hydrogen) atoms. The van der Waals surface area contributed by atoms with E-state index in [1.807, 2.05) is 36.1 Å². The van der Waals surface area contributed by atoms with Gasteiger partial charge >= 0.3 is 0 Å². The maximum absolute atomic E-state index is 13.0. The lowest BCUT2D eigenvalue weighted by Gasteiger charge is -2.24. The molecule has 0 bridgehead atoms. The Balaban J connectivity index is 1.81. The van der Waals surface area contributed by atoms with E-state index in [0.717, 1.165) is 24.2 Å². The Hall–Kier alpha value is -2.63. The van der Waals surface area contributed by atoms with Crippen molar-refractivity contribution in [2.45, 2.75) is 52.6 Å². The van der Waals surface area contributed by atoms with Gasteiger partial charge in [-0.2, -0.15) is 0 Å². The molecule has 3 rings (SSSR count). The Morgan fingerprint density at radius 3 is 2.69 bits per heavy atom. The van der Waals surface area contributed by atoms with E-state index < -0.39 is 0 Å². The van der Waals surface area contributed by atoms with Crippen LogP contribution >= 0.6 is 0 Å². The number of rotatable bonds is 7. The number of para-hydroxylation sites is 1. The maximum atomic E-state index is 13.0. The Bertz CT molecular complexity index is 856. The van der Waals surface area contributed by atoms with Crippen LogP contribution in [-0.2, 0) is 17.8 Å². The number of aromatic amines is 1. The molecule has 0 saturated heterocycles. The van der Waals surface area contributed by atoms with Crippen molar-refractivity contribution in [1.82, 2.24) is 14.9 Å². The highest BCUT2D eigenvalue weighted by Crippen LogP contribution is 2.31. The van der Waals surface area contributed by atoms with E-state index in [4.69, 9.17) is 4.74 Å². The third-order valence-electron chi connectivity index (χ3n) is 4.59. The fourth-order valence-electron chi connectivity index (χ4n) is 3.13. The summed E-state index contributed by atoms with van der Waals surface area (Å²) in [5.41, 5.74) is 1.82. The molecule has 0 radical (unpaired) electrons. The van der Waals surface area contributed by atoms with Crippen LogP contribution in [0, 0.1) is 13.8 Å². The van der Waals surface area contributed by atoms with Crippen LogP contribution in [0.1, 0.15) is 42.4 Å². The van der Waals surface area contributed by atoms with Crippen molar-refractivity contribution in [1.29, 1.82) is 0 Å². The number of benzene rings is 1. The molecule has 0 aliphatic heterocycles. The normalized spacial score (nSPS) is 13.5. The van der Waals surface area contributed by atoms with Crippen LogP contribution in [0.3, 0.4) is 0 Å². The molecule has 1 aromatic carbocycles. The molecule has 1 N–H and O–H groups in total. The molecule has 2 aromatic rings. The second kappa shape index (κ2) is 7.72. The summed E-state index contributed by atoms with van der Waals surface area (Å²) in [6.07, 6.45) is 2.08. The average molecular weight is 355 g/mol. The Morgan fingerprint density at radius 1 is 1.31 bits per heavy atom. The van der Waals surface area contributed by atoms with Gasteiger partial charge in [0.2, 0.25) is 5.91 Å². The predicted octanol–water partition coefficient (Wildman–Crippen LogP) is 2.52. The molecule has 6 nitrogen and oxygen atoms in total. The number of hydrogen-bond acceptors (Lipinski definition) is 4. The van der Waals surface area contributed by atoms with Gasteiger partial charge in [0, 0.05) is 29.4 Å². The minimum absolute atomic E-state index is 0.0435. The van der Waals surface area contributed by atoms with Gasteiger partial charge in [0.25, 0.3) is 5.56 Å². The summed E-state index contributed by atoms with van der Waals surface area (Å²) in [5.74, 6) is 1.32. The van der Waals surface area contributed by atoms with Crippen molar-refractivity contribution in [2.75, 3.05) is 6.61 Å². The maximum Gasteiger partial charge on any atom is 0.254 e. The topological polar surface area (TPSA) is 75.3 Å². The molecule has 1 fully saturated rings. The number of aromatic nitrogens is 2. The SMILES string of the molecule is CCOc1ccccc1CN(C(=O)Cc1c(C)nc(C)[nH]c1=O)C1CC1. The standard InChI is InChI=1S/C20H25N3O3/c1-4-26-18-8-6-5-7-15(18)12-23(16-9-10-16)19(24)11-17-13(2)21-14(3)22-20(17)25/h5-8,16H,4,9-12H2,1-3H3,(H,21,22,25). The van der Waals surface area contributed by atoms with Crippen LogP contribution in [0.2, 0.25) is 0 Å². The van der Waals surface area contributed by atoms with Crippen molar-refractivity contribution >= 4 is 5.91 Å². The lowest BCUT2D eigenvalue weighted by Crippen LogP contribution is -2.35. The second-order valence-electron chi connectivity index (χ2n) is 6.69. The lowest BCUT2D eigenvalue weighted by atomic mass is 10.1. The van der Waals surface area contributed by atoms with Crippen LogP contribution in [0.15, 0.2) is 29.1 Å². The minimum atomic E-state index is -0.228. The number of H-pyrrole nitrogens is 1. The molecule has 1 saturated carbocycles. The molecule has 1 aromatic heterocycles. The van der Waals surface area contributed by atoms with E-state index in [1.54, 1.807) is 13.8 Å². The molecule has 138 valence electrons. The average Bonchev–Trinajstić information content (AvgIpc) is 3.42. The minimum Gasteiger partial charge on any atom is -0.494 e. The van der Waals surface area contributed by atoms with Gasteiger partial charge < -0.3 is 14.6 Å². The first-order valence-electron chi connectivity index (χ1n) is 9.06. The summed E-state index contributed by atoms with van der Waals surface area (Å²) in [7, 11) is 0. The number of carbonyl (C=O) groups excluding carboxylic acids is 1. The summed E-state index contributed by atoms with van der Waals surface area (Å²) in [5, 5.41) is 0. The van der Waals surface area contributed by atoms with Gasteiger partial charge in [0.05, 0.1) is 13.0 Å². The van der Waals surface area contributed by atoms with E-state index in [9.17, 15) is 9.59 Å². The molecule has 0 spiro atoms. The van der Waals surface area contributed by atoms with Crippen LogP contribution < -0.4 is 10.3 Å². The second-order valence-corrected chi connectivity index (χ2v) is 6.69. The van der Waals surface area contributed by atoms with Gasteiger partial charge in [-0.1, -0.05) is 18.2 Å². The molecule has 1 heterocycles. The highest BCUT2D eigenvalue weighted by Gasteiger charge is 2.33. The van der Waals surface area contributed by atoms with Gasteiger partial charge in [-0.05, 0) is 39.7 Å².